The van der Waals surface area contributed by atoms with Crippen LogP contribution in [0.25, 0.3) is 5.57 Å². The minimum Gasteiger partial charge on any atom is -0.444 e. The quantitative estimate of drug-likeness (QED) is 0.669. The van der Waals surface area contributed by atoms with Crippen LogP contribution >= 0.6 is 15.9 Å². The van der Waals surface area contributed by atoms with Crippen molar-refractivity contribution in [3.05, 3.63) is 34.3 Å². The van der Waals surface area contributed by atoms with Gasteiger partial charge in [-0.15, -0.1) is 0 Å². The van der Waals surface area contributed by atoms with E-state index in [4.69, 9.17) is 4.74 Å². The zero-order valence-corrected chi connectivity index (χ0v) is 15.1. The molecular formula is C17H20BrFN2O2. The van der Waals surface area contributed by atoms with E-state index in [9.17, 15) is 9.18 Å². The van der Waals surface area contributed by atoms with Crippen LogP contribution in [0.4, 0.5) is 9.18 Å². The molecule has 0 aromatic carbocycles. The lowest BCUT2D eigenvalue weighted by Crippen LogP contribution is -2.45. The van der Waals surface area contributed by atoms with E-state index in [1.165, 1.54) is 6.20 Å². The third-order valence-corrected chi connectivity index (χ3v) is 4.59. The van der Waals surface area contributed by atoms with Gasteiger partial charge in [0.15, 0.2) is 0 Å². The molecule has 0 radical (unpaired) electrons. The zero-order valence-electron chi connectivity index (χ0n) is 13.5. The van der Waals surface area contributed by atoms with Crippen LogP contribution in [0.1, 0.15) is 45.6 Å². The molecule has 2 unspecified atom stereocenters. The highest BCUT2D eigenvalue weighted by molar-refractivity contribution is 9.10. The van der Waals surface area contributed by atoms with Gasteiger partial charge in [0, 0.05) is 22.3 Å². The average Bonchev–Trinajstić information content (AvgIpc) is 2.71. The fourth-order valence-electron chi connectivity index (χ4n) is 3.28. The summed E-state index contributed by atoms with van der Waals surface area (Å²) in [4.78, 5) is 18.0. The zero-order chi connectivity index (χ0) is 16.8. The molecule has 1 saturated heterocycles. The Bertz CT molecular complexity index is 669. The number of hydrogen-bond acceptors (Lipinski definition) is 3. The van der Waals surface area contributed by atoms with Crippen molar-refractivity contribution >= 4 is 27.6 Å². The molecular weight excluding hydrogens is 363 g/mol. The predicted molar refractivity (Wildman–Crippen MR) is 89.4 cm³/mol. The van der Waals surface area contributed by atoms with Gasteiger partial charge in [-0.3, -0.25) is 4.90 Å². The van der Waals surface area contributed by atoms with Crippen molar-refractivity contribution < 1.29 is 13.9 Å². The molecule has 124 valence electrons. The number of pyridine rings is 1. The van der Waals surface area contributed by atoms with Crippen molar-refractivity contribution in [2.75, 3.05) is 0 Å². The highest BCUT2D eigenvalue weighted by atomic mass is 79.9. The molecule has 2 aliphatic rings. The van der Waals surface area contributed by atoms with Crippen LogP contribution in [0, 0.1) is 5.95 Å². The summed E-state index contributed by atoms with van der Waals surface area (Å²) in [5.74, 6) is -0.468. The third-order valence-electron chi connectivity index (χ3n) is 4.15. The second-order valence-electron chi connectivity index (χ2n) is 7.07. The van der Waals surface area contributed by atoms with Crippen LogP contribution in [0.5, 0.6) is 0 Å². The Morgan fingerprint density at radius 3 is 2.83 bits per heavy atom. The van der Waals surface area contributed by atoms with E-state index in [1.807, 2.05) is 26.8 Å². The second-order valence-corrected chi connectivity index (χ2v) is 7.99. The van der Waals surface area contributed by atoms with Crippen molar-refractivity contribution in [3.63, 3.8) is 0 Å². The van der Waals surface area contributed by atoms with Crippen LogP contribution in [0.15, 0.2) is 22.8 Å². The summed E-state index contributed by atoms with van der Waals surface area (Å²) in [6, 6.07) is 1.78. The van der Waals surface area contributed by atoms with Gasteiger partial charge in [-0.2, -0.15) is 4.39 Å². The molecule has 0 N–H and O–H groups in total. The first-order chi connectivity index (χ1) is 10.7. The minimum atomic E-state index is -0.513. The molecule has 2 aliphatic heterocycles. The summed E-state index contributed by atoms with van der Waals surface area (Å²) < 4.78 is 20.3. The summed E-state index contributed by atoms with van der Waals surface area (Å²) in [5, 5.41) is 0. The Hall–Kier alpha value is -1.43. The van der Waals surface area contributed by atoms with Gasteiger partial charge in [-0.1, -0.05) is 6.08 Å². The van der Waals surface area contributed by atoms with Gasteiger partial charge in [-0.25, -0.2) is 9.78 Å². The molecule has 0 aliphatic carbocycles. The number of nitrogens with zero attached hydrogens (tertiary/aromatic N) is 2. The molecule has 1 amide bonds. The van der Waals surface area contributed by atoms with Gasteiger partial charge in [0.05, 0.1) is 6.04 Å². The normalized spacial score (nSPS) is 23.7. The molecule has 1 aromatic heterocycles. The van der Waals surface area contributed by atoms with Crippen LogP contribution in [0.3, 0.4) is 0 Å². The number of fused-ring (bicyclic) bond motifs is 2. The topological polar surface area (TPSA) is 42.4 Å². The Kier molecular flexibility index (Phi) is 4.21. The smallest absolute Gasteiger partial charge is 0.411 e. The average molecular weight is 383 g/mol. The molecule has 3 heterocycles. The fraction of sp³-hybridized carbons (Fsp3) is 0.529. The first-order valence-corrected chi connectivity index (χ1v) is 8.57. The third kappa shape index (κ3) is 3.42. The molecule has 2 bridgehead atoms. The lowest BCUT2D eigenvalue weighted by atomic mass is 9.96. The first-order valence-electron chi connectivity index (χ1n) is 7.78. The standard InChI is InChI=1S/C17H20BrFN2O2/c1-17(2,3)23-16(22)21-12-4-5-13(21)7-10(6-12)14-8-11(18)9-20-15(14)19/h6,8-9,12-13H,4-5,7H2,1-3H3. The number of hydrogen-bond donors (Lipinski definition) is 0. The maximum atomic E-state index is 14.0. The van der Waals surface area contributed by atoms with E-state index in [0.717, 1.165) is 22.9 Å². The molecule has 0 spiro atoms. The summed E-state index contributed by atoms with van der Waals surface area (Å²) in [7, 11) is 0. The van der Waals surface area contributed by atoms with Gasteiger partial charge < -0.3 is 4.74 Å². The molecule has 2 atom stereocenters. The number of aromatic nitrogens is 1. The maximum Gasteiger partial charge on any atom is 0.411 e. The predicted octanol–water partition coefficient (Wildman–Crippen LogP) is 4.54. The number of carbonyl (C=O) groups excluding carboxylic acids is 1. The number of ether oxygens (including phenoxy) is 1. The molecule has 3 rings (SSSR count). The monoisotopic (exact) mass is 382 g/mol. The Balaban J connectivity index is 1.86. The molecule has 1 aromatic rings. The van der Waals surface area contributed by atoms with E-state index in [1.54, 1.807) is 11.0 Å². The number of amides is 1. The van der Waals surface area contributed by atoms with Crippen LogP contribution in [0.2, 0.25) is 0 Å². The largest absolute Gasteiger partial charge is 0.444 e. The lowest BCUT2D eigenvalue weighted by molar-refractivity contribution is 0.0175. The molecule has 23 heavy (non-hydrogen) atoms. The Labute approximate surface area is 143 Å². The van der Waals surface area contributed by atoms with Crippen molar-refractivity contribution in [2.24, 2.45) is 0 Å². The van der Waals surface area contributed by atoms with Crippen LogP contribution in [-0.4, -0.2) is 33.7 Å². The van der Waals surface area contributed by atoms with E-state index in [2.05, 4.69) is 20.9 Å². The van der Waals surface area contributed by atoms with Gasteiger partial charge in [0.2, 0.25) is 5.95 Å². The van der Waals surface area contributed by atoms with Crippen molar-refractivity contribution in [1.82, 2.24) is 9.88 Å². The highest BCUT2D eigenvalue weighted by Gasteiger charge is 2.42. The minimum absolute atomic E-state index is 0.0306. The van der Waals surface area contributed by atoms with Crippen LogP contribution in [-0.2, 0) is 4.74 Å². The van der Waals surface area contributed by atoms with Gasteiger partial charge in [-0.05, 0) is 67.6 Å². The molecule has 4 nitrogen and oxygen atoms in total. The number of rotatable bonds is 1. The summed E-state index contributed by atoms with van der Waals surface area (Å²) >= 11 is 3.34. The summed E-state index contributed by atoms with van der Waals surface area (Å²) in [6.45, 7) is 5.59. The maximum absolute atomic E-state index is 14.0. The Morgan fingerprint density at radius 2 is 2.17 bits per heavy atom. The number of carbonyl (C=O) groups is 1. The second kappa shape index (κ2) is 5.89. The first kappa shape index (κ1) is 16.4. The van der Waals surface area contributed by atoms with Crippen molar-refractivity contribution in [2.45, 2.75) is 57.7 Å². The Morgan fingerprint density at radius 1 is 1.43 bits per heavy atom. The van der Waals surface area contributed by atoms with Gasteiger partial charge in [0.1, 0.15) is 5.60 Å². The van der Waals surface area contributed by atoms with E-state index in [-0.39, 0.29) is 18.2 Å². The van der Waals surface area contributed by atoms with E-state index in [0.29, 0.717) is 12.0 Å². The van der Waals surface area contributed by atoms with Gasteiger partial charge in [0.25, 0.3) is 0 Å². The number of halogens is 2. The fourth-order valence-corrected chi connectivity index (χ4v) is 3.61. The SMILES string of the molecule is CC(C)(C)OC(=O)N1C2C=C(c3cc(Br)cnc3F)CC1CC2. The van der Waals surface area contributed by atoms with Gasteiger partial charge >= 0.3 is 6.09 Å². The van der Waals surface area contributed by atoms with Crippen molar-refractivity contribution in [1.29, 1.82) is 0 Å². The lowest BCUT2D eigenvalue weighted by Gasteiger charge is -2.35. The van der Waals surface area contributed by atoms with Crippen molar-refractivity contribution in [3.8, 4) is 0 Å². The summed E-state index contributed by atoms with van der Waals surface area (Å²) in [6.07, 6.45) is 5.57. The molecule has 1 fully saturated rings. The van der Waals surface area contributed by atoms with E-state index < -0.39 is 11.5 Å². The van der Waals surface area contributed by atoms with E-state index >= 15 is 0 Å². The molecule has 6 heteroatoms. The van der Waals surface area contributed by atoms with Crippen LogP contribution < -0.4 is 0 Å². The molecule has 0 saturated carbocycles. The highest BCUT2D eigenvalue weighted by Crippen LogP contribution is 2.40. The summed E-state index contributed by atoms with van der Waals surface area (Å²) in [5.41, 5.74) is 0.921.